The SMILES string of the molecule is CC(C)[C@@H]1CC(CCNCc2ccc3c(c2)OCO3)(c2ccc(F)cc2)C[C@@H](C(C)C)O1. The molecule has 2 aromatic rings. The number of hydrogen-bond acceptors (Lipinski definition) is 4. The summed E-state index contributed by atoms with van der Waals surface area (Å²) in [6, 6.07) is 13.2. The van der Waals surface area contributed by atoms with Crippen LogP contribution in [0.4, 0.5) is 4.39 Å². The summed E-state index contributed by atoms with van der Waals surface area (Å²) in [5.41, 5.74) is 2.37. The molecule has 0 aromatic heterocycles. The van der Waals surface area contributed by atoms with E-state index in [1.54, 1.807) is 12.1 Å². The van der Waals surface area contributed by atoms with E-state index in [9.17, 15) is 4.39 Å². The maximum atomic E-state index is 13.7. The summed E-state index contributed by atoms with van der Waals surface area (Å²) in [7, 11) is 0. The van der Waals surface area contributed by atoms with Gasteiger partial charge in [-0.2, -0.15) is 0 Å². The van der Waals surface area contributed by atoms with Crippen LogP contribution in [-0.2, 0) is 16.7 Å². The van der Waals surface area contributed by atoms with Crippen LogP contribution in [0.25, 0.3) is 0 Å². The first-order chi connectivity index (χ1) is 15.4. The Hall–Kier alpha value is -2.11. The quantitative estimate of drug-likeness (QED) is 0.523. The van der Waals surface area contributed by atoms with Crippen molar-refractivity contribution in [1.82, 2.24) is 5.32 Å². The van der Waals surface area contributed by atoms with Crippen molar-refractivity contribution in [1.29, 1.82) is 0 Å². The van der Waals surface area contributed by atoms with Crippen LogP contribution in [0.2, 0.25) is 0 Å². The van der Waals surface area contributed by atoms with Crippen LogP contribution in [0.1, 0.15) is 58.1 Å². The van der Waals surface area contributed by atoms with Crippen LogP contribution in [0.15, 0.2) is 42.5 Å². The Morgan fingerprint density at radius 3 is 2.25 bits per heavy atom. The standard InChI is InChI=1S/C27H36FNO3/c1-18(2)25-14-27(15-26(32-25)19(3)4,21-6-8-22(28)9-7-21)11-12-29-16-20-5-10-23-24(13-20)31-17-30-23/h5-10,13,18-19,25-26,29H,11-12,14-17H2,1-4H3/t25-,26-/m0/s1. The monoisotopic (exact) mass is 441 g/mol. The molecule has 2 aromatic carbocycles. The largest absolute Gasteiger partial charge is 0.454 e. The second-order valence-corrected chi connectivity index (χ2v) is 10.0. The van der Waals surface area contributed by atoms with Crippen molar-refractivity contribution < 1.29 is 18.6 Å². The zero-order chi connectivity index (χ0) is 22.7. The molecule has 0 unspecified atom stereocenters. The molecule has 1 N–H and O–H groups in total. The molecule has 5 heteroatoms. The van der Waals surface area contributed by atoms with Crippen LogP contribution >= 0.6 is 0 Å². The van der Waals surface area contributed by atoms with Crippen molar-refractivity contribution in [2.45, 2.75) is 71.1 Å². The van der Waals surface area contributed by atoms with E-state index >= 15 is 0 Å². The Morgan fingerprint density at radius 2 is 1.59 bits per heavy atom. The van der Waals surface area contributed by atoms with E-state index in [0.717, 1.165) is 43.9 Å². The molecule has 0 amide bonds. The van der Waals surface area contributed by atoms with E-state index in [0.29, 0.717) is 18.6 Å². The smallest absolute Gasteiger partial charge is 0.231 e. The summed E-state index contributed by atoms with van der Waals surface area (Å²) >= 11 is 0. The zero-order valence-electron chi connectivity index (χ0n) is 19.7. The third-order valence-electron chi connectivity index (χ3n) is 7.02. The molecule has 0 aliphatic carbocycles. The van der Waals surface area contributed by atoms with E-state index in [4.69, 9.17) is 14.2 Å². The fraction of sp³-hybridized carbons (Fsp3) is 0.556. The van der Waals surface area contributed by atoms with Crippen LogP contribution in [-0.4, -0.2) is 25.5 Å². The predicted octanol–water partition coefficient (Wildman–Crippen LogP) is 5.83. The number of ether oxygens (including phenoxy) is 3. The minimum atomic E-state index is -0.183. The van der Waals surface area contributed by atoms with Gasteiger partial charge in [-0.25, -0.2) is 4.39 Å². The van der Waals surface area contributed by atoms with Gasteiger partial charge in [-0.3, -0.25) is 0 Å². The highest BCUT2D eigenvalue weighted by Gasteiger charge is 2.43. The number of benzene rings is 2. The van der Waals surface area contributed by atoms with Crippen molar-refractivity contribution in [2.24, 2.45) is 11.8 Å². The molecule has 0 spiro atoms. The van der Waals surface area contributed by atoms with Gasteiger partial charge in [-0.1, -0.05) is 45.9 Å². The highest BCUT2D eigenvalue weighted by atomic mass is 19.1. The first kappa shape index (κ1) is 23.1. The van der Waals surface area contributed by atoms with Crippen molar-refractivity contribution >= 4 is 0 Å². The molecule has 32 heavy (non-hydrogen) atoms. The van der Waals surface area contributed by atoms with Crippen molar-refractivity contribution in [2.75, 3.05) is 13.3 Å². The maximum Gasteiger partial charge on any atom is 0.231 e. The number of hydrogen-bond donors (Lipinski definition) is 1. The van der Waals surface area contributed by atoms with E-state index in [1.807, 2.05) is 24.3 Å². The van der Waals surface area contributed by atoms with Crippen LogP contribution in [0, 0.1) is 17.7 Å². The molecular formula is C27H36FNO3. The summed E-state index contributed by atoms with van der Waals surface area (Å²) in [4.78, 5) is 0. The molecule has 1 fully saturated rings. The summed E-state index contributed by atoms with van der Waals surface area (Å²) in [6.07, 6.45) is 3.32. The van der Waals surface area contributed by atoms with Gasteiger partial charge >= 0.3 is 0 Å². The molecule has 4 rings (SSSR count). The topological polar surface area (TPSA) is 39.7 Å². The molecule has 2 aliphatic heterocycles. The summed E-state index contributed by atoms with van der Waals surface area (Å²) in [6.45, 7) is 10.9. The third-order valence-corrected chi connectivity index (χ3v) is 7.02. The molecule has 0 bridgehead atoms. The Morgan fingerprint density at radius 1 is 0.938 bits per heavy atom. The van der Waals surface area contributed by atoms with E-state index < -0.39 is 0 Å². The Bertz CT molecular complexity index is 880. The molecule has 2 aliphatic rings. The van der Waals surface area contributed by atoms with Crippen molar-refractivity contribution in [3.8, 4) is 11.5 Å². The van der Waals surface area contributed by atoms with Gasteiger partial charge in [0.2, 0.25) is 6.79 Å². The highest BCUT2D eigenvalue weighted by molar-refractivity contribution is 5.44. The first-order valence-electron chi connectivity index (χ1n) is 11.9. The fourth-order valence-corrected chi connectivity index (χ4v) is 4.96. The first-order valence-corrected chi connectivity index (χ1v) is 11.9. The molecule has 174 valence electrons. The zero-order valence-corrected chi connectivity index (χ0v) is 19.7. The highest BCUT2D eigenvalue weighted by Crippen LogP contribution is 2.45. The molecular weight excluding hydrogens is 405 g/mol. The lowest BCUT2D eigenvalue weighted by Gasteiger charge is -2.48. The lowest BCUT2D eigenvalue weighted by molar-refractivity contribution is -0.118. The summed E-state index contributed by atoms with van der Waals surface area (Å²) in [5, 5.41) is 3.62. The minimum Gasteiger partial charge on any atom is -0.454 e. The number of nitrogens with one attached hydrogen (secondary N) is 1. The molecule has 2 atom stereocenters. The Kier molecular flexibility index (Phi) is 7.06. The van der Waals surface area contributed by atoms with Gasteiger partial charge in [0.25, 0.3) is 0 Å². The van der Waals surface area contributed by atoms with Crippen LogP contribution in [0.3, 0.4) is 0 Å². The minimum absolute atomic E-state index is 0.0301. The van der Waals surface area contributed by atoms with Gasteiger partial charge in [0.1, 0.15) is 5.82 Å². The second-order valence-electron chi connectivity index (χ2n) is 10.0. The number of rotatable bonds is 8. The summed E-state index contributed by atoms with van der Waals surface area (Å²) in [5.74, 6) is 2.33. The predicted molar refractivity (Wildman–Crippen MR) is 125 cm³/mol. The lowest BCUT2D eigenvalue weighted by atomic mass is 9.66. The average Bonchev–Trinajstić information content (AvgIpc) is 3.25. The molecule has 4 nitrogen and oxygen atoms in total. The van der Waals surface area contributed by atoms with Crippen LogP contribution in [0.5, 0.6) is 11.5 Å². The van der Waals surface area contributed by atoms with E-state index in [-0.39, 0.29) is 23.4 Å². The normalized spacial score (nSPS) is 25.0. The van der Waals surface area contributed by atoms with Gasteiger partial charge in [0, 0.05) is 12.0 Å². The third kappa shape index (κ3) is 5.10. The van der Waals surface area contributed by atoms with Gasteiger partial charge < -0.3 is 19.5 Å². The van der Waals surface area contributed by atoms with E-state index in [1.165, 1.54) is 11.1 Å². The van der Waals surface area contributed by atoms with Gasteiger partial charge in [0.15, 0.2) is 11.5 Å². The Labute approximate surface area is 191 Å². The van der Waals surface area contributed by atoms with Gasteiger partial charge in [-0.05, 0) is 73.0 Å². The molecule has 2 heterocycles. The maximum absolute atomic E-state index is 13.7. The van der Waals surface area contributed by atoms with Crippen molar-refractivity contribution in [3.05, 3.63) is 59.4 Å². The Balaban J connectivity index is 1.49. The molecule has 0 radical (unpaired) electrons. The molecule has 0 saturated carbocycles. The van der Waals surface area contributed by atoms with Gasteiger partial charge in [0.05, 0.1) is 12.2 Å². The average molecular weight is 442 g/mol. The fourth-order valence-electron chi connectivity index (χ4n) is 4.96. The molecule has 1 saturated heterocycles. The van der Waals surface area contributed by atoms with Crippen molar-refractivity contribution in [3.63, 3.8) is 0 Å². The number of fused-ring (bicyclic) bond motifs is 1. The summed E-state index contributed by atoms with van der Waals surface area (Å²) < 4.78 is 31.1. The van der Waals surface area contributed by atoms with Gasteiger partial charge in [-0.15, -0.1) is 0 Å². The second kappa shape index (κ2) is 9.80. The van der Waals surface area contributed by atoms with Crippen LogP contribution < -0.4 is 14.8 Å². The number of halogens is 1. The lowest BCUT2D eigenvalue weighted by Crippen LogP contribution is -2.48. The van der Waals surface area contributed by atoms with E-state index in [2.05, 4.69) is 39.1 Å².